The summed E-state index contributed by atoms with van der Waals surface area (Å²) in [6, 6.07) is 8.64. The normalized spacial score (nSPS) is 21.5. The Bertz CT molecular complexity index is 2220. The summed E-state index contributed by atoms with van der Waals surface area (Å²) in [4.78, 5) is 44.9. The van der Waals surface area contributed by atoms with E-state index in [1.54, 1.807) is 13.0 Å². The van der Waals surface area contributed by atoms with E-state index in [0.29, 0.717) is 37.4 Å². The number of ketones is 2. The molecule has 3 unspecified atom stereocenters. The van der Waals surface area contributed by atoms with Crippen molar-refractivity contribution in [3.05, 3.63) is 95.4 Å². The highest BCUT2D eigenvalue weighted by atomic mass is 16.5. The van der Waals surface area contributed by atoms with E-state index >= 15 is 0 Å². The molecule has 2 aromatic heterocycles. The highest BCUT2D eigenvalue weighted by molar-refractivity contribution is 5.95. The number of benzene rings is 2. The number of H-pyrrole nitrogens is 1. The molecule has 0 radical (unpaired) electrons. The van der Waals surface area contributed by atoms with E-state index in [9.17, 15) is 24.6 Å². The van der Waals surface area contributed by atoms with Crippen LogP contribution in [0.15, 0.2) is 78.7 Å². The summed E-state index contributed by atoms with van der Waals surface area (Å²) in [5, 5.41) is 26.9. The molecule has 7 rings (SSSR count). The first-order chi connectivity index (χ1) is 28.5. The van der Waals surface area contributed by atoms with Gasteiger partial charge in [0, 0.05) is 74.8 Å². The Balaban J connectivity index is 1.39. The molecule has 11 heteroatoms. The lowest BCUT2D eigenvalue weighted by Gasteiger charge is -2.41. The number of phenols is 2. The fraction of sp³-hybridized carbons (Fsp3) is 0.479. The molecule has 2 aromatic carbocycles. The Morgan fingerprint density at radius 3 is 2.53 bits per heavy atom. The van der Waals surface area contributed by atoms with Crippen LogP contribution in [0.1, 0.15) is 114 Å². The van der Waals surface area contributed by atoms with Gasteiger partial charge in [-0.2, -0.15) is 0 Å². The molecule has 3 aliphatic rings. The lowest BCUT2D eigenvalue weighted by atomic mass is 9.65. The number of esters is 1. The minimum absolute atomic E-state index is 0.0301. The molecule has 4 N–H and O–H groups in total. The number of fused-ring (bicyclic) bond motifs is 4. The number of ether oxygens (including phenoxy) is 2. The third-order valence-electron chi connectivity index (χ3n) is 13.0. The zero-order valence-corrected chi connectivity index (χ0v) is 35.0. The number of nitrogens with zero attached hydrogens (tertiary/aromatic N) is 2. The fourth-order valence-electron chi connectivity index (χ4n) is 9.77. The molecule has 1 aliphatic carbocycles. The number of aromatic nitrogens is 2. The zero-order valence-electron chi connectivity index (χ0n) is 35.0. The van der Waals surface area contributed by atoms with Crippen LogP contribution in [0.2, 0.25) is 0 Å². The number of methoxy groups -OCH3 is 1. The van der Waals surface area contributed by atoms with Crippen molar-refractivity contribution in [2.45, 2.75) is 116 Å². The lowest BCUT2D eigenvalue weighted by Crippen LogP contribution is -2.38. The van der Waals surface area contributed by atoms with Gasteiger partial charge in [-0.1, -0.05) is 50.8 Å². The van der Waals surface area contributed by atoms with Gasteiger partial charge in [-0.25, -0.2) is 0 Å². The van der Waals surface area contributed by atoms with E-state index in [2.05, 4.69) is 52.7 Å². The van der Waals surface area contributed by atoms with Gasteiger partial charge in [0.05, 0.1) is 18.8 Å². The number of hydrogen-bond acceptors (Lipinski definition) is 9. The second-order valence-corrected chi connectivity index (χ2v) is 17.0. The highest BCUT2D eigenvalue weighted by Gasteiger charge is 2.37. The van der Waals surface area contributed by atoms with Gasteiger partial charge in [-0.15, -0.1) is 0 Å². The third kappa shape index (κ3) is 9.40. The highest BCUT2D eigenvalue weighted by Crippen LogP contribution is 2.48. The van der Waals surface area contributed by atoms with E-state index in [4.69, 9.17) is 9.47 Å². The van der Waals surface area contributed by atoms with Gasteiger partial charge < -0.3 is 39.5 Å². The van der Waals surface area contributed by atoms with E-state index in [-0.39, 0.29) is 47.1 Å². The summed E-state index contributed by atoms with van der Waals surface area (Å²) in [7, 11) is 1.42. The van der Waals surface area contributed by atoms with Crippen molar-refractivity contribution in [1.82, 2.24) is 14.9 Å². The summed E-state index contributed by atoms with van der Waals surface area (Å²) in [6.45, 7) is 6.37. The number of rotatable bonds is 7. The maximum absolute atomic E-state index is 14.2. The first-order valence-electron chi connectivity index (χ1n) is 21.4. The van der Waals surface area contributed by atoms with Crippen LogP contribution in [0.3, 0.4) is 0 Å². The largest absolute Gasteiger partial charge is 0.504 e. The molecule has 4 bridgehead atoms. The van der Waals surface area contributed by atoms with Crippen molar-refractivity contribution in [3.63, 3.8) is 0 Å². The number of carbonyl (C=O) groups excluding carboxylic acids is 3. The molecule has 1 spiro atoms. The molecule has 1 fully saturated rings. The standard InChI is InChI=1S/C48H60N4O7/c1-5-33-12-13-40(59-32(3)54)24-39(55)25-43(35-21-44(56)47(57)45(22-35)58-4)51-29-34-10-9-11-42(41(34)30-51)52(19-15-31(2)53)46-23-38(14-18-50-46)48(16-7-6-8-17-48)26-37-28-49-27-36(37)20-33/h9-11,14,21-23,27-30,33,40,43,49-50,56-57H,5-8,12-13,15-20,24-26H2,1-4H3. The number of Topliss-reactive ketones (excluding diaryl/α,β-unsaturated/α-hetero) is 2. The van der Waals surface area contributed by atoms with Crippen molar-refractivity contribution < 1.29 is 34.1 Å². The van der Waals surface area contributed by atoms with Gasteiger partial charge in [0.15, 0.2) is 11.5 Å². The van der Waals surface area contributed by atoms with Gasteiger partial charge >= 0.3 is 5.97 Å². The van der Waals surface area contributed by atoms with Crippen molar-refractivity contribution in [1.29, 1.82) is 0 Å². The quantitative estimate of drug-likeness (QED) is 0.106. The molecule has 4 heterocycles. The molecule has 314 valence electrons. The summed E-state index contributed by atoms with van der Waals surface area (Å²) >= 11 is 0. The lowest BCUT2D eigenvalue weighted by molar-refractivity contribution is -0.148. The number of carbonyl (C=O) groups is 3. The Labute approximate surface area is 347 Å². The van der Waals surface area contributed by atoms with Crippen LogP contribution in [-0.2, 0) is 32.0 Å². The molecule has 1 saturated carbocycles. The number of dihydropyridines is 1. The van der Waals surface area contributed by atoms with Gasteiger partial charge in [0.25, 0.3) is 0 Å². The molecular formula is C48H60N4O7. The summed E-state index contributed by atoms with van der Waals surface area (Å²) in [5.41, 5.74) is 5.48. The predicted molar refractivity (Wildman–Crippen MR) is 230 cm³/mol. The molecule has 2 aliphatic heterocycles. The second-order valence-electron chi connectivity index (χ2n) is 17.0. The number of aromatic hydroxyl groups is 2. The molecule has 59 heavy (non-hydrogen) atoms. The maximum Gasteiger partial charge on any atom is 0.302 e. The minimum atomic E-state index is -0.607. The van der Waals surface area contributed by atoms with Crippen LogP contribution in [-0.4, -0.2) is 63.6 Å². The van der Waals surface area contributed by atoms with Crippen molar-refractivity contribution >= 4 is 34.0 Å². The van der Waals surface area contributed by atoms with E-state index in [0.717, 1.165) is 60.8 Å². The SMILES string of the molecule is CCC1CCC(OC(C)=O)CC(=O)CC(c2cc(O)c(O)c(OC)c2)n2cc3cccc(c3c2)N(CCC(C)=O)C2=CC(=CCN2)C2(CCCCC2)Cc2c[nH]cc2C1. The second kappa shape index (κ2) is 18.2. The van der Waals surface area contributed by atoms with Crippen LogP contribution in [0.4, 0.5) is 5.69 Å². The Hall–Kier alpha value is -5.45. The number of aromatic amines is 1. The topological polar surface area (TPSA) is 146 Å². The predicted octanol–water partition coefficient (Wildman–Crippen LogP) is 8.97. The summed E-state index contributed by atoms with van der Waals surface area (Å²) in [5.74, 6) is 0.219. The monoisotopic (exact) mass is 804 g/mol. The van der Waals surface area contributed by atoms with Gasteiger partial charge in [-0.3, -0.25) is 14.4 Å². The van der Waals surface area contributed by atoms with Crippen molar-refractivity contribution in [2.75, 3.05) is 25.1 Å². The van der Waals surface area contributed by atoms with E-state index in [1.807, 2.05) is 29.1 Å². The van der Waals surface area contributed by atoms with E-state index < -0.39 is 18.1 Å². The van der Waals surface area contributed by atoms with Gasteiger partial charge in [-0.05, 0) is 103 Å². The molecule has 0 saturated heterocycles. The third-order valence-corrected chi connectivity index (χ3v) is 13.0. The summed E-state index contributed by atoms with van der Waals surface area (Å²) < 4.78 is 13.3. The Kier molecular flexibility index (Phi) is 12.9. The number of anilines is 1. The Morgan fingerprint density at radius 2 is 1.78 bits per heavy atom. The molecule has 3 atom stereocenters. The van der Waals surface area contributed by atoms with Crippen LogP contribution in [0.25, 0.3) is 10.8 Å². The van der Waals surface area contributed by atoms with E-state index in [1.165, 1.54) is 56.1 Å². The van der Waals surface area contributed by atoms with Crippen molar-refractivity contribution in [3.8, 4) is 17.2 Å². The first kappa shape index (κ1) is 41.7. The smallest absolute Gasteiger partial charge is 0.302 e. The number of allylic oxidation sites excluding steroid dienone is 2. The molecule has 11 nitrogen and oxygen atoms in total. The van der Waals surface area contributed by atoms with Gasteiger partial charge in [0.1, 0.15) is 23.5 Å². The summed E-state index contributed by atoms with van der Waals surface area (Å²) in [6.07, 6.45) is 22.8. The fourth-order valence-corrected chi connectivity index (χ4v) is 9.77. The van der Waals surface area contributed by atoms with Crippen LogP contribution in [0.5, 0.6) is 17.2 Å². The van der Waals surface area contributed by atoms with Crippen LogP contribution in [0, 0.1) is 11.3 Å². The van der Waals surface area contributed by atoms with Gasteiger partial charge in [0.2, 0.25) is 5.75 Å². The van der Waals surface area contributed by atoms with Crippen LogP contribution < -0.4 is 15.0 Å². The molecular weight excluding hydrogens is 745 g/mol. The first-order valence-corrected chi connectivity index (χ1v) is 21.4. The minimum Gasteiger partial charge on any atom is -0.504 e. The maximum atomic E-state index is 14.2. The zero-order chi connectivity index (χ0) is 41.7. The molecule has 4 aromatic rings. The average Bonchev–Trinajstić information content (AvgIpc) is 3.86. The Morgan fingerprint density at radius 1 is 0.983 bits per heavy atom. The number of phenolic OH excluding ortho intramolecular Hbond substituents is 2. The molecule has 0 amide bonds. The number of hydrogen-bond donors (Lipinski definition) is 4. The number of nitrogens with one attached hydrogen (secondary N) is 2. The van der Waals surface area contributed by atoms with Crippen molar-refractivity contribution in [2.24, 2.45) is 11.3 Å². The van der Waals surface area contributed by atoms with Crippen LogP contribution >= 0.6 is 0 Å². The average molecular weight is 805 g/mol.